The summed E-state index contributed by atoms with van der Waals surface area (Å²) in [5, 5.41) is 12.5. The highest BCUT2D eigenvalue weighted by molar-refractivity contribution is 7.14. The van der Waals surface area contributed by atoms with Gasteiger partial charge in [0.15, 0.2) is 5.82 Å². The first-order valence-electron chi connectivity index (χ1n) is 15.9. The molecule has 6 nitrogen and oxygen atoms in total. The Hall–Kier alpha value is -3.32. The zero-order chi connectivity index (χ0) is 30.6. The molecule has 43 heavy (non-hydrogen) atoms. The molecular formula is C36H45N3O3S. The van der Waals surface area contributed by atoms with E-state index < -0.39 is 12.0 Å². The Balaban J connectivity index is 1.16. The van der Waals surface area contributed by atoms with E-state index in [2.05, 4.69) is 49.1 Å². The molecule has 2 unspecified atom stereocenters. The van der Waals surface area contributed by atoms with Crippen LogP contribution in [0.25, 0.3) is 17.0 Å². The van der Waals surface area contributed by atoms with Gasteiger partial charge in [-0.25, -0.2) is 14.8 Å². The van der Waals surface area contributed by atoms with Gasteiger partial charge in [0, 0.05) is 34.8 Å². The van der Waals surface area contributed by atoms with Gasteiger partial charge in [-0.3, -0.25) is 4.79 Å². The molecule has 0 saturated heterocycles. The van der Waals surface area contributed by atoms with Crippen molar-refractivity contribution < 1.29 is 14.7 Å². The van der Waals surface area contributed by atoms with E-state index >= 15 is 0 Å². The summed E-state index contributed by atoms with van der Waals surface area (Å²) in [6.07, 6.45) is 17.0. The first kappa shape index (κ1) is 31.1. The minimum atomic E-state index is -1.06. The van der Waals surface area contributed by atoms with Crippen molar-refractivity contribution in [2.45, 2.75) is 96.9 Å². The number of carboxylic acids is 1. The molecule has 0 spiro atoms. The summed E-state index contributed by atoms with van der Waals surface area (Å²) in [4.78, 5) is 35.7. The minimum Gasteiger partial charge on any atom is -0.480 e. The molecule has 0 bridgehead atoms. The lowest BCUT2D eigenvalue weighted by molar-refractivity contribution is -0.139. The second-order valence-electron chi connectivity index (χ2n) is 13.4. The molecule has 1 aromatic carbocycles. The molecule has 7 heteroatoms. The molecular weight excluding hydrogens is 554 g/mol. The number of carboxylic acid groups (broad SMARTS) is 1. The normalized spacial score (nSPS) is 21.6. The van der Waals surface area contributed by atoms with Crippen LogP contribution in [0.4, 0.5) is 0 Å². The number of benzene rings is 1. The maximum absolute atomic E-state index is 12.8. The smallest absolute Gasteiger partial charge is 0.326 e. The number of carbonyl (C=O) groups is 2. The van der Waals surface area contributed by atoms with Crippen LogP contribution in [-0.2, 0) is 16.6 Å². The molecule has 2 aromatic heterocycles. The average Bonchev–Trinajstić information content (AvgIpc) is 3.53. The molecule has 0 aliphatic heterocycles. The van der Waals surface area contributed by atoms with Crippen LogP contribution in [0.1, 0.15) is 105 Å². The average molecular weight is 600 g/mol. The summed E-state index contributed by atoms with van der Waals surface area (Å²) in [7, 11) is 0. The van der Waals surface area contributed by atoms with Gasteiger partial charge in [-0.2, -0.15) is 0 Å². The van der Waals surface area contributed by atoms with Gasteiger partial charge in [-0.05, 0) is 78.5 Å². The summed E-state index contributed by atoms with van der Waals surface area (Å²) >= 11 is 1.40. The molecule has 2 atom stereocenters. The Labute approximate surface area is 260 Å². The van der Waals surface area contributed by atoms with Gasteiger partial charge in [0.2, 0.25) is 0 Å². The fourth-order valence-electron chi connectivity index (χ4n) is 6.57. The molecule has 2 N–H and O–H groups in total. The second kappa shape index (κ2) is 13.5. The van der Waals surface area contributed by atoms with Gasteiger partial charge in [-0.1, -0.05) is 77.3 Å². The number of nitrogens with one attached hydrogen (secondary N) is 1. The van der Waals surface area contributed by atoms with Gasteiger partial charge in [0.25, 0.3) is 5.91 Å². The fraction of sp³-hybridized carbons (Fsp3) is 0.500. The third-order valence-electron chi connectivity index (χ3n) is 9.43. The van der Waals surface area contributed by atoms with Crippen molar-refractivity contribution >= 4 is 28.8 Å². The Morgan fingerprint density at radius 3 is 2.21 bits per heavy atom. The van der Waals surface area contributed by atoms with Crippen molar-refractivity contribution in [3.8, 4) is 11.4 Å². The standard InChI is InChI=1S/C36H45N3O3S/c1-5-23-6-10-25(11-7-23)26-14-16-27(17-15-26)29-21-37-33(38-22-29)28-12-8-24(9-13-28)20-30(35(41)42)39-34(40)31-18-19-32(43-31)36(2,3)4/h8-9,12-13,16,18-19,21-23,25-26,30H,5-7,10-11,14-15,17,20H2,1-4H3,(H,39,40)(H,41,42)/t23-,25-,26?,30?. The SMILES string of the molecule is CC[C@H]1CC[C@H](C2CC=C(c3cnc(-c4ccc(CC(NC(=O)c5ccc(C(C)(C)C)s5)C(=O)O)cc4)nc3)CC2)CC1. The number of aliphatic carboxylic acids is 1. The highest BCUT2D eigenvalue weighted by atomic mass is 32.1. The van der Waals surface area contributed by atoms with E-state index in [1.807, 2.05) is 42.7 Å². The second-order valence-corrected chi connectivity index (χ2v) is 14.5. The van der Waals surface area contributed by atoms with Crippen LogP contribution >= 0.6 is 11.3 Å². The Kier molecular flexibility index (Phi) is 9.80. The van der Waals surface area contributed by atoms with Crippen molar-refractivity contribution in [2.24, 2.45) is 17.8 Å². The van der Waals surface area contributed by atoms with E-state index in [0.29, 0.717) is 10.7 Å². The van der Waals surface area contributed by atoms with E-state index in [0.717, 1.165) is 45.7 Å². The number of hydrogen-bond donors (Lipinski definition) is 2. The number of thiophene rings is 1. The molecule has 228 valence electrons. The maximum Gasteiger partial charge on any atom is 0.326 e. The van der Waals surface area contributed by atoms with Gasteiger partial charge in [0.1, 0.15) is 6.04 Å². The van der Waals surface area contributed by atoms with Crippen LogP contribution in [0.15, 0.2) is 54.9 Å². The summed E-state index contributed by atoms with van der Waals surface area (Å²) in [6.45, 7) is 8.60. The zero-order valence-corrected chi connectivity index (χ0v) is 26.8. The van der Waals surface area contributed by atoms with Crippen molar-refractivity contribution in [3.05, 3.63) is 75.7 Å². The monoisotopic (exact) mass is 599 g/mol. The lowest BCUT2D eigenvalue weighted by atomic mass is 9.71. The van der Waals surface area contributed by atoms with Gasteiger partial charge < -0.3 is 10.4 Å². The van der Waals surface area contributed by atoms with E-state index in [1.54, 1.807) is 6.07 Å². The fourth-order valence-corrected chi connectivity index (χ4v) is 7.54. The van der Waals surface area contributed by atoms with Crippen LogP contribution in [0.2, 0.25) is 0 Å². The number of hydrogen-bond acceptors (Lipinski definition) is 5. The quantitative estimate of drug-likeness (QED) is 0.258. The van der Waals surface area contributed by atoms with Crippen LogP contribution < -0.4 is 5.32 Å². The molecule has 0 radical (unpaired) electrons. The van der Waals surface area contributed by atoms with E-state index in [1.165, 1.54) is 61.9 Å². The molecule has 2 aliphatic carbocycles. The number of amides is 1. The topological polar surface area (TPSA) is 92.2 Å². The molecule has 2 heterocycles. The summed E-state index contributed by atoms with van der Waals surface area (Å²) < 4.78 is 0. The van der Waals surface area contributed by atoms with Crippen molar-refractivity contribution in [3.63, 3.8) is 0 Å². The van der Waals surface area contributed by atoms with Crippen LogP contribution in [0, 0.1) is 17.8 Å². The first-order valence-corrected chi connectivity index (χ1v) is 16.7. The molecule has 1 amide bonds. The largest absolute Gasteiger partial charge is 0.480 e. The van der Waals surface area contributed by atoms with Gasteiger partial charge in [0.05, 0.1) is 4.88 Å². The summed E-state index contributed by atoms with van der Waals surface area (Å²) in [5.41, 5.74) is 4.10. The lowest BCUT2D eigenvalue weighted by Crippen LogP contribution is -2.42. The minimum absolute atomic E-state index is 0.0646. The molecule has 2 aliphatic rings. The number of rotatable bonds is 9. The van der Waals surface area contributed by atoms with Crippen molar-refractivity contribution in [1.82, 2.24) is 15.3 Å². The number of allylic oxidation sites excluding steroid dienone is 2. The Morgan fingerprint density at radius 1 is 0.953 bits per heavy atom. The van der Waals surface area contributed by atoms with Crippen molar-refractivity contribution in [1.29, 1.82) is 0 Å². The zero-order valence-electron chi connectivity index (χ0n) is 25.9. The third kappa shape index (κ3) is 7.80. The first-order chi connectivity index (χ1) is 20.6. The predicted molar refractivity (Wildman–Crippen MR) is 174 cm³/mol. The molecule has 1 fully saturated rings. The van der Waals surface area contributed by atoms with Crippen molar-refractivity contribution in [2.75, 3.05) is 0 Å². The number of nitrogens with zero attached hydrogens (tertiary/aromatic N) is 2. The van der Waals surface area contributed by atoms with Gasteiger partial charge >= 0.3 is 5.97 Å². The van der Waals surface area contributed by atoms with E-state index in [4.69, 9.17) is 0 Å². The number of aromatic nitrogens is 2. The van der Waals surface area contributed by atoms with Crippen LogP contribution in [0.3, 0.4) is 0 Å². The van der Waals surface area contributed by atoms with E-state index in [-0.39, 0.29) is 17.7 Å². The Bertz CT molecular complexity index is 1430. The van der Waals surface area contributed by atoms with Crippen LogP contribution in [0.5, 0.6) is 0 Å². The highest BCUT2D eigenvalue weighted by Gasteiger charge is 2.28. The van der Waals surface area contributed by atoms with Gasteiger partial charge in [-0.15, -0.1) is 11.3 Å². The lowest BCUT2D eigenvalue weighted by Gasteiger charge is -2.35. The highest BCUT2D eigenvalue weighted by Crippen LogP contribution is 2.41. The summed E-state index contributed by atoms with van der Waals surface area (Å²) in [5.74, 6) is 1.90. The summed E-state index contributed by atoms with van der Waals surface area (Å²) in [6, 6.07) is 10.3. The van der Waals surface area contributed by atoms with Crippen LogP contribution in [-0.4, -0.2) is 33.0 Å². The molecule has 3 aromatic rings. The number of carbonyl (C=O) groups excluding carboxylic acids is 1. The molecule has 1 saturated carbocycles. The maximum atomic E-state index is 12.8. The predicted octanol–water partition coefficient (Wildman–Crippen LogP) is 8.33. The Morgan fingerprint density at radius 2 is 1.65 bits per heavy atom. The third-order valence-corrected chi connectivity index (χ3v) is 10.9. The molecule has 5 rings (SSSR count). The van der Waals surface area contributed by atoms with E-state index in [9.17, 15) is 14.7 Å².